The highest BCUT2D eigenvalue weighted by Gasteiger charge is 2.52. The molecule has 1 aliphatic rings. The van der Waals surface area contributed by atoms with E-state index in [1.165, 1.54) is 18.2 Å². The molecule has 6 nitrogen and oxygen atoms in total. The van der Waals surface area contributed by atoms with Gasteiger partial charge in [-0.15, -0.1) is 0 Å². The van der Waals surface area contributed by atoms with Gasteiger partial charge in [0, 0.05) is 6.07 Å². The number of hydrogen-bond acceptors (Lipinski definition) is 5. The molecule has 2 aromatic carbocycles. The van der Waals surface area contributed by atoms with Crippen molar-refractivity contribution >= 4 is 18.3 Å². The number of nitro groups is 1. The van der Waals surface area contributed by atoms with E-state index in [-0.39, 0.29) is 17.3 Å². The highest BCUT2D eigenvalue weighted by molar-refractivity contribution is 6.62. The molecule has 1 atom stereocenters. The molecule has 1 fully saturated rings. The van der Waals surface area contributed by atoms with Crippen molar-refractivity contribution in [3.8, 4) is 5.75 Å². The van der Waals surface area contributed by atoms with Crippen molar-refractivity contribution < 1.29 is 23.4 Å². The van der Waals surface area contributed by atoms with Crippen molar-refractivity contribution in [3.63, 3.8) is 0 Å². The normalized spacial score (nSPS) is 18.7. The fraction of sp³-hybridized carbons (Fsp3) is 0.400. The Balaban J connectivity index is 1.90. The largest absolute Gasteiger partial charge is 0.494 e. The van der Waals surface area contributed by atoms with Gasteiger partial charge in [0.15, 0.2) is 5.75 Å². The second kappa shape index (κ2) is 7.18. The maximum atomic E-state index is 13.1. The highest BCUT2D eigenvalue weighted by atomic mass is 19.1. The molecule has 28 heavy (non-hydrogen) atoms. The van der Waals surface area contributed by atoms with Gasteiger partial charge in [0.25, 0.3) is 0 Å². The van der Waals surface area contributed by atoms with Crippen molar-refractivity contribution in [2.24, 2.45) is 0 Å². The molecular formula is C20H23BFNO5. The number of nitrogens with zero attached hydrogens (tertiary/aromatic N) is 1. The third-order valence-corrected chi connectivity index (χ3v) is 5.35. The summed E-state index contributed by atoms with van der Waals surface area (Å²) < 4.78 is 31.0. The summed E-state index contributed by atoms with van der Waals surface area (Å²) in [6, 6.07) is 10.4. The average molecular weight is 387 g/mol. The fourth-order valence-corrected chi connectivity index (χ4v) is 2.89. The first-order valence-corrected chi connectivity index (χ1v) is 9.06. The SMILES string of the molecule is C[C@H](Oc1cc(B2OC(C)(C)C(C)(C)O2)ccc1[N+](=O)[O-])c1ccc(F)cc1. The molecule has 0 aromatic heterocycles. The molecule has 1 heterocycles. The summed E-state index contributed by atoms with van der Waals surface area (Å²) in [5.41, 5.74) is 0.125. The Labute approximate surface area is 163 Å². The summed E-state index contributed by atoms with van der Waals surface area (Å²) in [6.45, 7) is 9.50. The van der Waals surface area contributed by atoms with Crippen molar-refractivity contribution in [2.75, 3.05) is 0 Å². The smallest absolute Gasteiger partial charge is 0.479 e. The second-order valence-corrected chi connectivity index (χ2v) is 7.88. The monoisotopic (exact) mass is 387 g/mol. The van der Waals surface area contributed by atoms with Crippen LogP contribution in [0.2, 0.25) is 0 Å². The van der Waals surface area contributed by atoms with Gasteiger partial charge < -0.3 is 14.0 Å². The van der Waals surface area contributed by atoms with Crippen LogP contribution in [0.25, 0.3) is 0 Å². The Bertz CT molecular complexity index is 869. The molecule has 0 saturated carbocycles. The van der Waals surface area contributed by atoms with E-state index in [1.54, 1.807) is 31.2 Å². The zero-order chi connectivity index (χ0) is 20.7. The predicted octanol–water partition coefficient (Wildman–Crippen LogP) is 4.17. The molecule has 8 heteroatoms. The van der Waals surface area contributed by atoms with Gasteiger partial charge in [0.05, 0.1) is 16.1 Å². The number of benzene rings is 2. The van der Waals surface area contributed by atoms with E-state index in [9.17, 15) is 14.5 Å². The van der Waals surface area contributed by atoms with Gasteiger partial charge in [-0.3, -0.25) is 10.1 Å². The van der Waals surface area contributed by atoms with Crippen molar-refractivity contribution in [2.45, 2.75) is 51.9 Å². The van der Waals surface area contributed by atoms with Crippen LogP contribution in [0.1, 0.15) is 46.3 Å². The number of halogens is 1. The lowest BCUT2D eigenvalue weighted by Crippen LogP contribution is -2.41. The summed E-state index contributed by atoms with van der Waals surface area (Å²) in [5.74, 6) is -0.251. The number of hydrogen-bond donors (Lipinski definition) is 0. The highest BCUT2D eigenvalue weighted by Crippen LogP contribution is 2.37. The Kier molecular flexibility index (Phi) is 5.21. The van der Waals surface area contributed by atoms with Crippen molar-refractivity contribution in [3.05, 3.63) is 64.0 Å². The van der Waals surface area contributed by atoms with Gasteiger partial charge in [0.2, 0.25) is 0 Å². The van der Waals surface area contributed by atoms with Crippen LogP contribution in [0.4, 0.5) is 10.1 Å². The maximum Gasteiger partial charge on any atom is 0.494 e. The summed E-state index contributed by atoms with van der Waals surface area (Å²) in [4.78, 5) is 10.9. The van der Waals surface area contributed by atoms with Gasteiger partial charge in [-0.05, 0) is 63.8 Å². The number of rotatable bonds is 5. The Morgan fingerprint density at radius 1 is 1.07 bits per heavy atom. The van der Waals surface area contributed by atoms with Crippen LogP contribution in [0, 0.1) is 15.9 Å². The van der Waals surface area contributed by atoms with Crippen LogP contribution < -0.4 is 10.2 Å². The lowest BCUT2D eigenvalue weighted by Gasteiger charge is -2.32. The third kappa shape index (κ3) is 3.88. The van der Waals surface area contributed by atoms with E-state index in [0.717, 1.165) is 0 Å². The zero-order valence-electron chi connectivity index (χ0n) is 16.6. The zero-order valence-corrected chi connectivity index (χ0v) is 16.6. The van der Waals surface area contributed by atoms with Gasteiger partial charge >= 0.3 is 12.8 Å². The molecule has 0 spiro atoms. The van der Waals surface area contributed by atoms with Gasteiger partial charge in [-0.1, -0.05) is 18.2 Å². The molecule has 2 aromatic rings. The summed E-state index contributed by atoms with van der Waals surface area (Å²) in [7, 11) is -0.658. The second-order valence-electron chi connectivity index (χ2n) is 7.88. The summed E-state index contributed by atoms with van der Waals surface area (Å²) in [6.07, 6.45) is -0.507. The Morgan fingerprint density at radius 3 is 2.18 bits per heavy atom. The molecule has 0 aliphatic carbocycles. The summed E-state index contributed by atoms with van der Waals surface area (Å²) >= 11 is 0. The minimum Gasteiger partial charge on any atom is -0.479 e. The lowest BCUT2D eigenvalue weighted by atomic mass is 9.79. The van der Waals surface area contributed by atoms with Crippen LogP contribution >= 0.6 is 0 Å². The Morgan fingerprint density at radius 2 is 1.64 bits per heavy atom. The number of ether oxygens (including phenoxy) is 1. The van der Waals surface area contributed by atoms with Crippen molar-refractivity contribution in [1.29, 1.82) is 0 Å². The summed E-state index contributed by atoms with van der Waals surface area (Å²) in [5, 5.41) is 11.4. The van der Waals surface area contributed by atoms with Gasteiger partial charge in [-0.25, -0.2) is 4.39 Å². The van der Waals surface area contributed by atoms with Crippen LogP contribution in [-0.4, -0.2) is 23.2 Å². The van der Waals surface area contributed by atoms with Crippen LogP contribution in [0.15, 0.2) is 42.5 Å². The molecule has 148 valence electrons. The van der Waals surface area contributed by atoms with E-state index >= 15 is 0 Å². The molecule has 0 bridgehead atoms. The molecule has 0 unspecified atom stereocenters. The Hall–Kier alpha value is -2.45. The van der Waals surface area contributed by atoms with Gasteiger partial charge in [-0.2, -0.15) is 0 Å². The first kappa shape index (κ1) is 20.3. The fourth-order valence-electron chi connectivity index (χ4n) is 2.89. The molecule has 0 amide bonds. The van der Waals surface area contributed by atoms with E-state index in [0.29, 0.717) is 11.0 Å². The van der Waals surface area contributed by atoms with Gasteiger partial charge in [0.1, 0.15) is 11.9 Å². The molecule has 3 rings (SSSR count). The first-order valence-electron chi connectivity index (χ1n) is 9.06. The van der Waals surface area contributed by atoms with Crippen LogP contribution in [0.3, 0.4) is 0 Å². The van der Waals surface area contributed by atoms with Crippen LogP contribution in [0.5, 0.6) is 5.75 Å². The molecule has 1 saturated heterocycles. The standard InChI is InChI=1S/C20H23BFNO5/c1-13(14-6-9-16(22)10-7-14)26-18-12-15(8-11-17(18)23(24)25)21-27-19(2,3)20(4,5)28-21/h6-13H,1-5H3/t13-/m0/s1. The molecule has 0 radical (unpaired) electrons. The van der Waals surface area contributed by atoms with E-state index in [2.05, 4.69) is 0 Å². The molecule has 1 aliphatic heterocycles. The van der Waals surface area contributed by atoms with Crippen LogP contribution in [-0.2, 0) is 9.31 Å². The average Bonchev–Trinajstić information content (AvgIpc) is 2.83. The maximum absolute atomic E-state index is 13.1. The topological polar surface area (TPSA) is 70.8 Å². The predicted molar refractivity (Wildman–Crippen MR) is 104 cm³/mol. The lowest BCUT2D eigenvalue weighted by molar-refractivity contribution is -0.386. The quantitative estimate of drug-likeness (QED) is 0.438. The number of nitro benzene ring substituents is 1. The van der Waals surface area contributed by atoms with E-state index < -0.39 is 29.3 Å². The minimum absolute atomic E-state index is 0.106. The van der Waals surface area contributed by atoms with Crippen molar-refractivity contribution in [1.82, 2.24) is 0 Å². The molecular weight excluding hydrogens is 364 g/mol. The third-order valence-electron chi connectivity index (χ3n) is 5.35. The van der Waals surface area contributed by atoms with E-state index in [1.807, 2.05) is 27.7 Å². The first-order chi connectivity index (χ1) is 13.0. The van der Waals surface area contributed by atoms with E-state index in [4.69, 9.17) is 14.0 Å². The molecule has 0 N–H and O–H groups in total. The minimum atomic E-state index is -0.658.